The van der Waals surface area contributed by atoms with Crippen LogP contribution in [0, 0.1) is 0 Å². The van der Waals surface area contributed by atoms with E-state index in [1.165, 1.54) is 11.1 Å². The van der Waals surface area contributed by atoms with E-state index in [4.69, 9.17) is 10.2 Å². The molecule has 3 rings (SSSR count). The van der Waals surface area contributed by atoms with Gasteiger partial charge in [-0.1, -0.05) is 60.7 Å². The van der Waals surface area contributed by atoms with Crippen molar-refractivity contribution in [2.75, 3.05) is 13.1 Å². The molecule has 0 fully saturated rings. The third-order valence-corrected chi connectivity index (χ3v) is 4.75. The van der Waals surface area contributed by atoms with Crippen LogP contribution < -0.4 is 16.4 Å². The maximum absolute atomic E-state index is 11.2. The van der Waals surface area contributed by atoms with Crippen molar-refractivity contribution in [2.24, 2.45) is 10.7 Å². The zero-order valence-corrected chi connectivity index (χ0v) is 17.2. The molecule has 1 unspecified atom stereocenters. The number of furan rings is 1. The van der Waals surface area contributed by atoms with Crippen LogP contribution in [0.2, 0.25) is 0 Å². The predicted octanol–water partition coefficient (Wildman–Crippen LogP) is 3.46. The molecular weight excluding hydrogens is 376 g/mol. The normalized spacial score (nSPS) is 12.4. The number of carbonyl (C=O) groups excluding carboxylic acids is 1. The van der Waals surface area contributed by atoms with E-state index < -0.39 is 5.91 Å². The summed E-state index contributed by atoms with van der Waals surface area (Å²) >= 11 is 0. The summed E-state index contributed by atoms with van der Waals surface area (Å²) in [5.74, 6) is 1.14. The largest absolute Gasteiger partial charge is 0.454 e. The summed E-state index contributed by atoms with van der Waals surface area (Å²) in [7, 11) is 0. The number of guanidine groups is 1. The van der Waals surface area contributed by atoms with E-state index in [1.807, 2.05) is 19.1 Å². The van der Waals surface area contributed by atoms with Gasteiger partial charge in [0.05, 0.1) is 0 Å². The van der Waals surface area contributed by atoms with Gasteiger partial charge in [0.1, 0.15) is 12.3 Å². The molecule has 0 saturated carbocycles. The number of nitrogens with two attached hydrogens (primary N) is 1. The van der Waals surface area contributed by atoms with Crippen molar-refractivity contribution in [1.82, 2.24) is 10.6 Å². The lowest BCUT2D eigenvalue weighted by Crippen LogP contribution is -2.39. The summed E-state index contributed by atoms with van der Waals surface area (Å²) in [4.78, 5) is 15.8. The molecule has 0 radical (unpaired) electrons. The van der Waals surface area contributed by atoms with Gasteiger partial charge in [0.15, 0.2) is 11.7 Å². The monoisotopic (exact) mass is 404 g/mol. The Labute approximate surface area is 177 Å². The fraction of sp³-hybridized carbons (Fsp3) is 0.250. The quantitative estimate of drug-likeness (QED) is 0.376. The Morgan fingerprint density at radius 2 is 1.70 bits per heavy atom. The molecule has 0 spiro atoms. The Bertz CT molecular complexity index is 952. The fourth-order valence-corrected chi connectivity index (χ4v) is 3.25. The van der Waals surface area contributed by atoms with Gasteiger partial charge in [0.25, 0.3) is 5.91 Å². The number of hydrogen-bond donors (Lipinski definition) is 3. The molecule has 6 nitrogen and oxygen atoms in total. The number of carbonyl (C=O) groups is 1. The highest BCUT2D eigenvalue weighted by molar-refractivity contribution is 5.89. The molecule has 0 aliphatic rings. The van der Waals surface area contributed by atoms with Crippen LogP contribution in [0.3, 0.4) is 0 Å². The highest BCUT2D eigenvalue weighted by Crippen LogP contribution is 2.20. The molecule has 1 atom stereocenters. The highest BCUT2D eigenvalue weighted by atomic mass is 16.3. The summed E-state index contributed by atoms with van der Waals surface area (Å²) in [5.41, 5.74) is 7.81. The van der Waals surface area contributed by atoms with Gasteiger partial charge in [-0.3, -0.25) is 4.79 Å². The van der Waals surface area contributed by atoms with Gasteiger partial charge in [-0.25, -0.2) is 4.99 Å². The Morgan fingerprint density at radius 3 is 2.33 bits per heavy atom. The molecule has 0 bridgehead atoms. The lowest BCUT2D eigenvalue weighted by atomic mass is 9.92. The third kappa shape index (κ3) is 6.24. The summed E-state index contributed by atoms with van der Waals surface area (Å²) in [6.45, 7) is 3.81. The molecule has 30 heavy (non-hydrogen) atoms. The van der Waals surface area contributed by atoms with Crippen molar-refractivity contribution in [3.05, 3.63) is 95.4 Å². The summed E-state index contributed by atoms with van der Waals surface area (Å²) < 4.78 is 5.41. The minimum Gasteiger partial charge on any atom is -0.454 e. The molecule has 0 aliphatic carbocycles. The number of primary amides is 1. The second kappa shape index (κ2) is 10.9. The van der Waals surface area contributed by atoms with Crippen molar-refractivity contribution >= 4 is 11.9 Å². The second-order valence-corrected chi connectivity index (χ2v) is 7.00. The Balaban J connectivity index is 1.69. The minimum atomic E-state index is -0.582. The highest BCUT2D eigenvalue weighted by Gasteiger charge is 2.13. The maximum Gasteiger partial charge on any atom is 0.284 e. The van der Waals surface area contributed by atoms with Crippen LogP contribution in [0.4, 0.5) is 0 Å². The van der Waals surface area contributed by atoms with Crippen LogP contribution in [0.1, 0.15) is 40.3 Å². The van der Waals surface area contributed by atoms with E-state index in [0.29, 0.717) is 24.2 Å². The second-order valence-electron chi connectivity index (χ2n) is 7.00. The SMILES string of the molecule is CCNC(=NCc1ccc(C(N)=O)o1)NCC(Cc1ccccc1)c1ccccc1. The average molecular weight is 405 g/mol. The summed E-state index contributed by atoms with van der Waals surface area (Å²) in [6.07, 6.45) is 0.928. The van der Waals surface area contributed by atoms with Crippen molar-refractivity contribution < 1.29 is 9.21 Å². The van der Waals surface area contributed by atoms with Crippen LogP contribution in [-0.2, 0) is 13.0 Å². The molecule has 1 amide bonds. The molecule has 0 aliphatic heterocycles. The van der Waals surface area contributed by atoms with Crippen molar-refractivity contribution in [3.8, 4) is 0 Å². The molecule has 1 heterocycles. The number of nitrogens with one attached hydrogen (secondary N) is 2. The zero-order chi connectivity index (χ0) is 21.2. The topological polar surface area (TPSA) is 92.6 Å². The molecule has 156 valence electrons. The minimum absolute atomic E-state index is 0.144. The number of benzene rings is 2. The third-order valence-electron chi connectivity index (χ3n) is 4.75. The van der Waals surface area contributed by atoms with Crippen molar-refractivity contribution in [2.45, 2.75) is 25.8 Å². The van der Waals surface area contributed by atoms with E-state index >= 15 is 0 Å². The van der Waals surface area contributed by atoms with E-state index in [0.717, 1.165) is 19.5 Å². The van der Waals surface area contributed by atoms with Gasteiger partial charge >= 0.3 is 0 Å². The molecule has 0 saturated heterocycles. The van der Waals surface area contributed by atoms with Crippen LogP contribution in [0.5, 0.6) is 0 Å². The Morgan fingerprint density at radius 1 is 1.00 bits per heavy atom. The van der Waals surface area contributed by atoms with Gasteiger partial charge in [-0.2, -0.15) is 0 Å². The standard InChI is InChI=1S/C24H28N4O2/c1-2-26-24(28-17-21-13-14-22(30-21)23(25)29)27-16-20(19-11-7-4-8-12-19)15-18-9-5-3-6-10-18/h3-14,20H,2,15-17H2,1H3,(H2,25,29)(H2,26,27,28). The Hall–Kier alpha value is -3.54. The lowest BCUT2D eigenvalue weighted by Gasteiger charge is -2.20. The number of aliphatic imine (C=N–C) groups is 1. The van der Waals surface area contributed by atoms with Crippen LogP contribution in [-0.4, -0.2) is 25.0 Å². The maximum atomic E-state index is 11.2. The van der Waals surface area contributed by atoms with Crippen molar-refractivity contribution in [3.63, 3.8) is 0 Å². The summed E-state index contributed by atoms with van der Waals surface area (Å²) in [5, 5.41) is 6.70. The first-order valence-electron chi connectivity index (χ1n) is 10.1. The van der Waals surface area contributed by atoms with E-state index in [2.05, 4.69) is 64.2 Å². The fourth-order valence-electron chi connectivity index (χ4n) is 3.25. The first-order chi connectivity index (χ1) is 14.7. The first-order valence-corrected chi connectivity index (χ1v) is 10.1. The molecule has 1 aromatic heterocycles. The number of hydrogen-bond acceptors (Lipinski definition) is 3. The molecule has 4 N–H and O–H groups in total. The van der Waals surface area contributed by atoms with Gasteiger partial charge in [0, 0.05) is 19.0 Å². The zero-order valence-electron chi connectivity index (χ0n) is 17.2. The van der Waals surface area contributed by atoms with E-state index in [1.54, 1.807) is 12.1 Å². The molecule has 3 aromatic rings. The lowest BCUT2D eigenvalue weighted by molar-refractivity contribution is 0.0972. The molecule has 6 heteroatoms. The van der Waals surface area contributed by atoms with Gasteiger partial charge < -0.3 is 20.8 Å². The molecule has 2 aromatic carbocycles. The predicted molar refractivity (Wildman–Crippen MR) is 119 cm³/mol. The number of nitrogens with zero attached hydrogens (tertiary/aromatic N) is 1. The van der Waals surface area contributed by atoms with E-state index in [9.17, 15) is 4.79 Å². The average Bonchev–Trinajstić information content (AvgIpc) is 3.25. The first kappa shape index (κ1) is 21.2. The van der Waals surface area contributed by atoms with Crippen LogP contribution >= 0.6 is 0 Å². The van der Waals surface area contributed by atoms with Crippen LogP contribution in [0.25, 0.3) is 0 Å². The summed E-state index contributed by atoms with van der Waals surface area (Å²) in [6, 6.07) is 24.3. The van der Waals surface area contributed by atoms with Gasteiger partial charge in [0.2, 0.25) is 0 Å². The number of rotatable bonds is 9. The van der Waals surface area contributed by atoms with Crippen molar-refractivity contribution in [1.29, 1.82) is 0 Å². The Kier molecular flexibility index (Phi) is 7.66. The van der Waals surface area contributed by atoms with E-state index in [-0.39, 0.29) is 5.76 Å². The van der Waals surface area contributed by atoms with Crippen LogP contribution in [0.15, 0.2) is 82.2 Å². The number of amides is 1. The van der Waals surface area contributed by atoms with Gasteiger partial charge in [-0.15, -0.1) is 0 Å². The smallest absolute Gasteiger partial charge is 0.284 e. The van der Waals surface area contributed by atoms with Gasteiger partial charge in [-0.05, 0) is 36.6 Å². The molecular formula is C24H28N4O2.